The molecule has 1 fully saturated rings. The van der Waals surface area contributed by atoms with Crippen molar-refractivity contribution in [1.29, 1.82) is 0 Å². The number of hydrogen-bond donors (Lipinski definition) is 2. The third kappa shape index (κ3) is 3.50. The molecule has 0 aromatic heterocycles. The molecule has 2 rings (SSSR count). The predicted molar refractivity (Wildman–Crippen MR) is 81.6 cm³/mol. The molecule has 1 aliphatic rings. The van der Waals surface area contributed by atoms with Gasteiger partial charge in [0.05, 0.1) is 0 Å². The summed E-state index contributed by atoms with van der Waals surface area (Å²) in [4.78, 5) is 4.25. The minimum absolute atomic E-state index is 0.154. The largest absolute Gasteiger partial charge is 0.356 e. The van der Waals surface area contributed by atoms with Gasteiger partial charge in [-0.05, 0) is 43.9 Å². The van der Waals surface area contributed by atoms with Crippen molar-refractivity contribution in [3.63, 3.8) is 0 Å². The molecular weight excluding hydrogens is 253 g/mol. The number of halogens is 1. The number of nitrogens with zero attached hydrogens (tertiary/aromatic N) is 1. The van der Waals surface area contributed by atoms with Gasteiger partial charge in [0.25, 0.3) is 0 Å². The summed E-state index contributed by atoms with van der Waals surface area (Å²) in [6.07, 6.45) is 3.35. The normalized spacial score (nSPS) is 18.5. The Morgan fingerprint density at radius 2 is 2.00 bits per heavy atom. The second-order valence-corrected chi connectivity index (χ2v) is 5.67. The van der Waals surface area contributed by atoms with Crippen LogP contribution in [0.15, 0.2) is 29.3 Å². The lowest BCUT2D eigenvalue weighted by Crippen LogP contribution is -2.44. The molecular formula is C16H24FN3. The first kappa shape index (κ1) is 14.8. The van der Waals surface area contributed by atoms with Crippen LogP contribution in [-0.2, 0) is 5.41 Å². The lowest BCUT2D eigenvalue weighted by Gasteiger charge is -2.21. The van der Waals surface area contributed by atoms with E-state index in [2.05, 4.69) is 29.5 Å². The zero-order chi connectivity index (χ0) is 14.6. The highest BCUT2D eigenvalue weighted by Gasteiger charge is 2.44. The number of guanidine groups is 1. The molecule has 1 saturated carbocycles. The van der Waals surface area contributed by atoms with Crippen molar-refractivity contribution in [3.05, 3.63) is 35.6 Å². The predicted octanol–water partition coefficient (Wildman–Crippen LogP) is 2.82. The molecule has 4 heteroatoms. The van der Waals surface area contributed by atoms with Crippen molar-refractivity contribution in [1.82, 2.24) is 10.6 Å². The van der Waals surface area contributed by atoms with Gasteiger partial charge in [-0.3, -0.25) is 4.99 Å². The second kappa shape index (κ2) is 6.25. The van der Waals surface area contributed by atoms with E-state index in [0.717, 1.165) is 31.8 Å². The molecule has 1 aliphatic carbocycles. The molecule has 0 saturated heterocycles. The summed E-state index contributed by atoms with van der Waals surface area (Å²) in [6.45, 7) is 5.13. The number of nitrogens with one attached hydrogen (secondary N) is 2. The topological polar surface area (TPSA) is 36.4 Å². The summed E-state index contributed by atoms with van der Waals surface area (Å²) < 4.78 is 13.0. The minimum Gasteiger partial charge on any atom is -0.356 e. The van der Waals surface area contributed by atoms with Crippen LogP contribution < -0.4 is 10.6 Å². The van der Waals surface area contributed by atoms with Gasteiger partial charge < -0.3 is 10.6 Å². The highest BCUT2D eigenvalue weighted by molar-refractivity contribution is 5.80. The molecule has 1 unspecified atom stereocenters. The van der Waals surface area contributed by atoms with Crippen LogP contribution in [0.25, 0.3) is 0 Å². The van der Waals surface area contributed by atoms with Crippen molar-refractivity contribution in [3.8, 4) is 0 Å². The van der Waals surface area contributed by atoms with Crippen LogP contribution >= 0.6 is 0 Å². The maximum atomic E-state index is 13.0. The first-order valence-electron chi connectivity index (χ1n) is 7.33. The molecule has 0 bridgehead atoms. The highest BCUT2D eigenvalue weighted by Crippen LogP contribution is 2.47. The van der Waals surface area contributed by atoms with Crippen LogP contribution in [0.1, 0.15) is 38.7 Å². The Labute approximate surface area is 120 Å². The van der Waals surface area contributed by atoms with Gasteiger partial charge in [-0.15, -0.1) is 0 Å². The standard InChI is InChI=1S/C16H24FN3/c1-4-12(2)20-15(18-3)19-11-16(9-10-16)13-5-7-14(17)8-6-13/h5-8,12H,4,9-11H2,1-3H3,(H2,18,19,20). The summed E-state index contributed by atoms with van der Waals surface area (Å²) in [6, 6.07) is 7.29. The van der Waals surface area contributed by atoms with Gasteiger partial charge in [-0.25, -0.2) is 4.39 Å². The van der Waals surface area contributed by atoms with Crippen LogP contribution in [0, 0.1) is 5.82 Å². The summed E-state index contributed by atoms with van der Waals surface area (Å²) in [5.74, 6) is 0.666. The van der Waals surface area contributed by atoms with Gasteiger partial charge in [-0.1, -0.05) is 19.1 Å². The highest BCUT2D eigenvalue weighted by atomic mass is 19.1. The Hall–Kier alpha value is -1.58. The average Bonchev–Trinajstić information content (AvgIpc) is 3.25. The maximum Gasteiger partial charge on any atom is 0.191 e. The van der Waals surface area contributed by atoms with Crippen LogP contribution in [0.5, 0.6) is 0 Å². The van der Waals surface area contributed by atoms with Gasteiger partial charge in [0, 0.05) is 25.0 Å². The van der Waals surface area contributed by atoms with Crippen LogP contribution in [0.4, 0.5) is 4.39 Å². The van der Waals surface area contributed by atoms with E-state index in [1.54, 1.807) is 19.2 Å². The monoisotopic (exact) mass is 277 g/mol. The van der Waals surface area contributed by atoms with Crippen molar-refractivity contribution in [2.45, 2.75) is 44.6 Å². The van der Waals surface area contributed by atoms with Gasteiger partial charge >= 0.3 is 0 Å². The lowest BCUT2D eigenvalue weighted by molar-refractivity contribution is 0.597. The second-order valence-electron chi connectivity index (χ2n) is 5.67. The average molecular weight is 277 g/mol. The molecule has 1 aromatic rings. The van der Waals surface area contributed by atoms with E-state index in [-0.39, 0.29) is 11.2 Å². The fourth-order valence-corrected chi connectivity index (χ4v) is 2.30. The van der Waals surface area contributed by atoms with E-state index >= 15 is 0 Å². The maximum absolute atomic E-state index is 13.0. The van der Waals surface area contributed by atoms with Gasteiger partial charge in [0.1, 0.15) is 5.82 Å². The Morgan fingerprint density at radius 1 is 1.35 bits per heavy atom. The summed E-state index contributed by atoms with van der Waals surface area (Å²) >= 11 is 0. The Bertz CT molecular complexity index is 463. The van der Waals surface area contributed by atoms with Gasteiger partial charge in [0.2, 0.25) is 0 Å². The number of aliphatic imine (C=N–C) groups is 1. The molecule has 0 radical (unpaired) electrons. The number of rotatable bonds is 5. The van der Waals surface area contributed by atoms with Crippen molar-refractivity contribution < 1.29 is 4.39 Å². The SMILES string of the molecule is CCC(C)NC(=NC)NCC1(c2ccc(F)cc2)CC1. The molecule has 3 nitrogen and oxygen atoms in total. The van der Waals surface area contributed by atoms with E-state index in [4.69, 9.17) is 0 Å². The van der Waals surface area contributed by atoms with Crippen molar-refractivity contribution in [2.75, 3.05) is 13.6 Å². The summed E-state index contributed by atoms with van der Waals surface area (Å²) in [7, 11) is 1.79. The van der Waals surface area contributed by atoms with E-state index in [9.17, 15) is 4.39 Å². The first-order chi connectivity index (χ1) is 9.59. The molecule has 2 N–H and O–H groups in total. The Kier molecular flexibility index (Phi) is 4.63. The van der Waals surface area contributed by atoms with Crippen LogP contribution in [0.2, 0.25) is 0 Å². The fourth-order valence-electron chi connectivity index (χ4n) is 2.30. The molecule has 20 heavy (non-hydrogen) atoms. The van der Waals surface area contributed by atoms with Crippen molar-refractivity contribution in [2.24, 2.45) is 4.99 Å². The Balaban J connectivity index is 1.94. The zero-order valence-electron chi connectivity index (χ0n) is 12.5. The van der Waals surface area contributed by atoms with E-state index in [0.29, 0.717) is 6.04 Å². The van der Waals surface area contributed by atoms with Crippen LogP contribution in [0.3, 0.4) is 0 Å². The smallest absolute Gasteiger partial charge is 0.191 e. The number of benzene rings is 1. The lowest BCUT2D eigenvalue weighted by atomic mass is 9.96. The van der Waals surface area contributed by atoms with Crippen LogP contribution in [-0.4, -0.2) is 25.6 Å². The molecule has 0 aliphatic heterocycles. The minimum atomic E-state index is -0.174. The number of hydrogen-bond acceptors (Lipinski definition) is 1. The third-order valence-electron chi connectivity index (χ3n) is 4.12. The molecule has 0 spiro atoms. The van der Waals surface area contributed by atoms with E-state index in [1.165, 1.54) is 5.56 Å². The summed E-state index contributed by atoms with van der Waals surface area (Å²) in [5.41, 5.74) is 1.37. The van der Waals surface area contributed by atoms with Gasteiger partial charge in [0.15, 0.2) is 5.96 Å². The van der Waals surface area contributed by atoms with E-state index < -0.39 is 0 Å². The quantitative estimate of drug-likeness (QED) is 0.641. The molecule has 1 aromatic carbocycles. The third-order valence-corrected chi connectivity index (χ3v) is 4.12. The van der Waals surface area contributed by atoms with Gasteiger partial charge in [-0.2, -0.15) is 0 Å². The molecule has 110 valence electrons. The Morgan fingerprint density at radius 3 is 2.50 bits per heavy atom. The van der Waals surface area contributed by atoms with E-state index in [1.807, 2.05) is 12.1 Å². The fraction of sp³-hybridized carbons (Fsp3) is 0.562. The summed E-state index contributed by atoms with van der Waals surface area (Å²) in [5, 5.41) is 6.75. The first-order valence-corrected chi connectivity index (χ1v) is 7.33. The van der Waals surface area contributed by atoms with Crippen molar-refractivity contribution >= 4 is 5.96 Å². The molecule has 0 amide bonds. The molecule has 0 heterocycles. The molecule has 1 atom stereocenters. The zero-order valence-corrected chi connectivity index (χ0v) is 12.5.